The topological polar surface area (TPSA) is 56.3 Å². The highest BCUT2D eigenvalue weighted by Crippen LogP contribution is 2.40. The number of benzene rings is 7. The molecule has 0 saturated heterocycles. The van der Waals surface area contributed by atoms with Crippen LogP contribution in [0.2, 0.25) is 0 Å². The smallest absolute Gasteiger partial charge is 0.0871 e. The van der Waals surface area contributed by atoms with Gasteiger partial charge in [-0.1, -0.05) is 192 Å². The lowest BCUT2D eigenvalue weighted by atomic mass is 9.82. The lowest BCUT2D eigenvalue weighted by Crippen LogP contribution is -2.14. The van der Waals surface area contributed by atoms with Crippen LogP contribution in [0, 0.1) is 0 Å². The minimum absolute atomic E-state index is 0.0706. The summed E-state index contributed by atoms with van der Waals surface area (Å²) in [5, 5.41) is 4.63. The minimum atomic E-state index is -0.0706. The molecule has 0 unspecified atom stereocenters. The molecule has 2 N–H and O–H groups in total. The molecule has 0 fully saturated rings. The van der Waals surface area contributed by atoms with E-state index in [0.29, 0.717) is 0 Å². The third kappa shape index (κ3) is 8.11. The maximum absolute atomic E-state index is 5.18. The number of H-pyrrole nitrogens is 2. The molecule has 64 heavy (non-hydrogen) atoms. The molecule has 0 aliphatic heterocycles. The highest BCUT2D eigenvalue weighted by molar-refractivity contribution is 6.23. The van der Waals surface area contributed by atoms with Crippen LogP contribution in [0.3, 0.4) is 0 Å². The Kier molecular flexibility index (Phi) is 10.4. The van der Waals surface area contributed by atoms with E-state index in [1.54, 1.807) is 0 Å². The number of aromatic nitrogens is 2. The number of hydrogen-bond donors (Lipinski definition) is 2. The normalized spacial score (nSPS) is 13.2. The summed E-state index contributed by atoms with van der Waals surface area (Å²) < 4.78 is 0. The van der Waals surface area contributed by atoms with E-state index in [1.807, 2.05) is 12.4 Å². The fraction of sp³-hybridized carbons (Fsp3) is 0.267. The van der Waals surface area contributed by atoms with Gasteiger partial charge in [-0.3, -0.25) is 9.98 Å². The molecule has 4 nitrogen and oxygen atoms in total. The first kappa shape index (κ1) is 42.8. The van der Waals surface area contributed by atoms with Gasteiger partial charge in [-0.05, 0) is 102 Å². The molecule has 0 radical (unpaired) electrons. The molecule has 2 aromatic heterocycles. The molecule has 0 spiro atoms. The van der Waals surface area contributed by atoms with Gasteiger partial charge in [-0.25, -0.2) is 0 Å². The Morgan fingerprint density at radius 2 is 0.688 bits per heavy atom. The summed E-state index contributed by atoms with van der Waals surface area (Å²) in [6.45, 7) is 27.2. The molecule has 322 valence electrons. The van der Waals surface area contributed by atoms with Crippen LogP contribution in [0.25, 0.3) is 65.9 Å². The maximum atomic E-state index is 5.18. The molecule has 0 saturated carbocycles. The van der Waals surface area contributed by atoms with E-state index in [1.165, 1.54) is 44.5 Å². The van der Waals surface area contributed by atoms with Crippen LogP contribution >= 0.6 is 0 Å². The summed E-state index contributed by atoms with van der Waals surface area (Å²) in [6, 6.07) is 48.9. The van der Waals surface area contributed by atoms with E-state index in [0.717, 1.165) is 66.1 Å². The quantitative estimate of drug-likeness (QED) is 0.157. The van der Waals surface area contributed by atoms with Crippen molar-refractivity contribution >= 4 is 67.4 Å². The number of aromatic amines is 2. The van der Waals surface area contributed by atoms with Gasteiger partial charge in [0, 0.05) is 34.0 Å². The van der Waals surface area contributed by atoms with Crippen molar-refractivity contribution in [3.05, 3.63) is 167 Å². The fourth-order valence-electron chi connectivity index (χ4n) is 9.17. The predicted molar refractivity (Wildman–Crippen MR) is 278 cm³/mol. The fourth-order valence-corrected chi connectivity index (χ4v) is 9.17. The number of nitrogens with zero attached hydrogens (tertiary/aromatic N) is 2. The van der Waals surface area contributed by atoms with Gasteiger partial charge >= 0.3 is 0 Å². The average Bonchev–Trinajstić information content (AvgIpc) is 3.83. The van der Waals surface area contributed by atoms with Crippen molar-refractivity contribution in [3.63, 3.8) is 0 Å². The van der Waals surface area contributed by atoms with Gasteiger partial charge in [0.2, 0.25) is 0 Å². The number of fused-ring (bicyclic) bond motifs is 7. The number of aliphatic imine (C=N–C) groups is 2. The molecule has 9 rings (SSSR count). The summed E-state index contributed by atoms with van der Waals surface area (Å²) >= 11 is 0. The molecule has 0 aliphatic rings. The number of nitrogens with one attached hydrogen (secondary N) is 2. The zero-order valence-corrected chi connectivity index (χ0v) is 39.8. The number of hydrogen-bond acceptors (Lipinski definition) is 2. The zero-order valence-electron chi connectivity index (χ0n) is 39.8. The number of rotatable bonds is 6. The maximum Gasteiger partial charge on any atom is 0.0871 e. The molecule has 0 aliphatic carbocycles. The third-order valence-corrected chi connectivity index (χ3v) is 12.9. The van der Waals surface area contributed by atoms with Gasteiger partial charge in [0.1, 0.15) is 0 Å². The van der Waals surface area contributed by atoms with Crippen molar-refractivity contribution < 1.29 is 0 Å². The second kappa shape index (κ2) is 15.6. The molecular weight excluding hydrogens is 777 g/mol. The highest BCUT2D eigenvalue weighted by atomic mass is 14.8. The van der Waals surface area contributed by atoms with Crippen molar-refractivity contribution in [2.24, 2.45) is 9.98 Å². The largest absolute Gasteiger partial charge is 0.351 e. The van der Waals surface area contributed by atoms with Gasteiger partial charge in [0.15, 0.2) is 0 Å². The highest BCUT2D eigenvalue weighted by Gasteiger charge is 2.22. The Bertz CT molecular complexity index is 3040. The lowest BCUT2D eigenvalue weighted by Gasteiger charge is -2.23. The van der Waals surface area contributed by atoms with Crippen LogP contribution in [0.4, 0.5) is 11.4 Å². The van der Waals surface area contributed by atoms with Gasteiger partial charge in [-0.15, -0.1) is 0 Å². The Hall–Kier alpha value is -6.52. The van der Waals surface area contributed by atoms with Gasteiger partial charge < -0.3 is 9.97 Å². The molecule has 9 aromatic rings. The van der Waals surface area contributed by atoms with Crippen molar-refractivity contribution in [2.75, 3.05) is 0 Å². The third-order valence-electron chi connectivity index (χ3n) is 12.9. The van der Waals surface area contributed by atoms with Crippen LogP contribution in [0.5, 0.6) is 0 Å². The summed E-state index contributed by atoms with van der Waals surface area (Å²) in [4.78, 5) is 18.0. The number of para-hydroxylation sites is 2. The first-order valence-corrected chi connectivity index (χ1v) is 22.8. The van der Waals surface area contributed by atoms with E-state index in [4.69, 9.17) is 9.98 Å². The van der Waals surface area contributed by atoms with Crippen LogP contribution < -0.4 is 0 Å². The summed E-state index contributed by atoms with van der Waals surface area (Å²) in [5.41, 5.74) is 18.5. The molecule has 0 amide bonds. The van der Waals surface area contributed by atoms with E-state index >= 15 is 0 Å². The van der Waals surface area contributed by atoms with Crippen molar-refractivity contribution in [1.82, 2.24) is 9.97 Å². The molecular formula is C60H62N4. The summed E-state index contributed by atoms with van der Waals surface area (Å²) in [5.74, 6) is 0. The molecule has 2 heterocycles. The van der Waals surface area contributed by atoms with E-state index < -0.39 is 0 Å². The van der Waals surface area contributed by atoms with Crippen LogP contribution in [-0.2, 0) is 21.7 Å². The molecule has 0 bridgehead atoms. The first-order chi connectivity index (χ1) is 30.2. The van der Waals surface area contributed by atoms with Crippen molar-refractivity contribution in [3.8, 4) is 22.3 Å². The van der Waals surface area contributed by atoms with Gasteiger partial charge in [-0.2, -0.15) is 0 Å². The summed E-state index contributed by atoms with van der Waals surface area (Å²) in [7, 11) is 0. The van der Waals surface area contributed by atoms with Crippen molar-refractivity contribution in [1.29, 1.82) is 0 Å². The molecule has 7 aromatic carbocycles. The molecule has 4 heteroatoms. The van der Waals surface area contributed by atoms with Crippen LogP contribution in [0.15, 0.2) is 143 Å². The van der Waals surface area contributed by atoms with Crippen LogP contribution in [0.1, 0.15) is 116 Å². The lowest BCUT2D eigenvalue weighted by molar-refractivity contribution is 0.589. The van der Waals surface area contributed by atoms with E-state index in [2.05, 4.69) is 227 Å². The second-order valence-corrected chi connectivity index (χ2v) is 21.8. The Labute approximate surface area is 379 Å². The second-order valence-electron chi connectivity index (χ2n) is 21.8. The Morgan fingerprint density at radius 1 is 0.344 bits per heavy atom. The Balaban J connectivity index is 1.06. The first-order valence-electron chi connectivity index (χ1n) is 22.8. The summed E-state index contributed by atoms with van der Waals surface area (Å²) in [6.07, 6.45) is 4.08. The van der Waals surface area contributed by atoms with Gasteiger partial charge in [0.05, 0.1) is 33.4 Å². The Morgan fingerprint density at radius 3 is 1.03 bits per heavy atom. The minimum Gasteiger partial charge on any atom is -0.351 e. The molecule has 0 atom stereocenters. The predicted octanol–water partition coefficient (Wildman–Crippen LogP) is 17.0. The monoisotopic (exact) mass is 838 g/mol. The zero-order chi connectivity index (χ0) is 45.3. The van der Waals surface area contributed by atoms with Gasteiger partial charge in [0.25, 0.3) is 0 Å². The SMILES string of the molecule is CC(C)(C)c1ccc(-c2ccc(C=Nc3cccc4c3[nH]c3c4ccc4c5cccc(N=Cc6ccc(-c7ccc(C(C)(C)C)cc7)cc6C(C)(C)C)c5[nH]c43)c(C(C)(C)C)c2)cc1. The van der Waals surface area contributed by atoms with E-state index in [9.17, 15) is 0 Å². The van der Waals surface area contributed by atoms with Crippen molar-refractivity contribution in [2.45, 2.75) is 105 Å². The van der Waals surface area contributed by atoms with E-state index in [-0.39, 0.29) is 21.7 Å². The van der Waals surface area contributed by atoms with Crippen LogP contribution in [-0.4, -0.2) is 22.4 Å². The standard InChI is InChI=1S/C60H62N4/c1-57(2,3)43-27-23-37(24-28-43)39-19-21-41(49(33-39)59(7,8)9)35-61-51-17-13-15-45-47-31-32-48-46-16-14-18-52(54(46)64-56(48)55(47)63-53(45)51)62-36-42-22-20-40(34-50(42)60(10,11)12)38-25-29-44(30-26-38)58(4,5)6/h13-36,63-64H,1-12H3. The average molecular weight is 839 g/mol.